The molecule has 0 aliphatic carbocycles. The van der Waals surface area contributed by atoms with Crippen molar-refractivity contribution in [3.63, 3.8) is 0 Å². The second-order valence-corrected chi connectivity index (χ2v) is 5.44. The van der Waals surface area contributed by atoms with Crippen LogP contribution in [0.25, 0.3) is 0 Å². The molecule has 0 N–H and O–H groups in total. The van der Waals surface area contributed by atoms with Crippen molar-refractivity contribution in [1.29, 1.82) is 0 Å². The normalized spacial score (nSPS) is 11.4. The first-order valence-electron chi connectivity index (χ1n) is 6.77. The Morgan fingerprint density at radius 3 is 1.94 bits per heavy atom. The fourth-order valence-corrected chi connectivity index (χ4v) is 2.16. The van der Waals surface area contributed by atoms with Crippen molar-refractivity contribution in [3.05, 3.63) is 23.8 Å². The van der Waals surface area contributed by atoms with Crippen LogP contribution in [0.5, 0.6) is 11.5 Å². The van der Waals surface area contributed by atoms with Crippen LogP contribution in [0.1, 0.15) is 52.0 Å². The summed E-state index contributed by atoms with van der Waals surface area (Å²) in [6, 6.07) is 6.16. The number of rotatable bonds is 7. The average Bonchev–Trinajstić information content (AvgIpc) is 2.38. The molecule has 0 aliphatic rings. The predicted octanol–water partition coefficient (Wildman–Crippen LogP) is 4.56. The highest BCUT2D eigenvalue weighted by atomic mass is 16.5. The monoisotopic (exact) mass is 250 g/mol. The summed E-state index contributed by atoms with van der Waals surface area (Å²) >= 11 is 0. The summed E-state index contributed by atoms with van der Waals surface area (Å²) < 4.78 is 10.7. The molecule has 2 nitrogen and oxygen atoms in total. The van der Waals surface area contributed by atoms with Crippen LogP contribution in [0.2, 0.25) is 0 Å². The third-order valence-corrected chi connectivity index (χ3v) is 3.54. The quantitative estimate of drug-likeness (QED) is 0.660. The molecule has 0 heterocycles. The van der Waals surface area contributed by atoms with Gasteiger partial charge >= 0.3 is 0 Å². The van der Waals surface area contributed by atoms with Gasteiger partial charge in [0.25, 0.3) is 0 Å². The maximum absolute atomic E-state index is 5.34. The van der Waals surface area contributed by atoms with Gasteiger partial charge < -0.3 is 9.47 Å². The number of ether oxygens (including phenoxy) is 2. The van der Waals surface area contributed by atoms with Gasteiger partial charge in [-0.15, -0.1) is 0 Å². The molecule has 0 unspecified atom stereocenters. The van der Waals surface area contributed by atoms with E-state index >= 15 is 0 Å². The Morgan fingerprint density at radius 1 is 0.944 bits per heavy atom. The van der Waals surface area contributed by atoms with Crippen molar-refractivity contribution in [2.45, 2.75) is 51.9 Å². The number of methoxy groups -OCH3 is 2. The van der Waals surface area contributed by atoms with E-state index in [2.05, 4.69) is 32.9 Å². The van der Waals surface area contributed by atoms with Gasteiger partial charge in [-0.25, -0.2) is 0 Å². The topological polar surface area (TPSA) is 18.5 Å². The maximum Gasteiger partial charge on any atom is 0.122 e. The van der Waals surface area contributed by atoms with Gasteiger partial charge in [-0.3, -0.25) is 0 Å². The van der Waals surface area contributed by atoms with Gasteiger partial charge in [-0.05, 0) is 29.5 Å². The summed E-state index contributed by atoms with van der Waals surface area (Å²) in [5.41, 5.74) is 1.45. The fourth-order valence-electron chi connectivity index (χ4n) is 2.16. The summed E-state index contributed by atoms with van der Waals surface area (Å²) in [4.78, 5) is 0. The van der Waals surface area contributed by atoms with Crippen molar-refractivity contribution < 1.29 is 9.47 Å². The molecule has 0 radical (unpaired) electrons. The summed E-state index contributed by atoms with van der Waals surface area (Å²) in [5.74, 6) is 1.74. The molecule has 0 saturated carbocycles. The Labute approximate surface area is 111 Å². The van der Waals surface area contributed by atoms with Crippen LogP contribution < -0.4 is 9.47 Å². The molecule has 0 saturated heterocycles. The Balaban J connectivity index is 2.91. The lowest BCUT2D eigenvalue weighted by atomic mass is 9.80. The second kappa shape index (κ2) is 6.67. The van der Waals surface area contributed by atoms with Crippen LogP contribution >= 0.6 is 0 Å². The molecule has 0 bridgehead atoms. The van der Waals surface area contributed by atoms with E-state index in [4.69, 9.17) is 9.47 Å². The Hall–Kier alpha value is -1.18. The fraction of sp³-hybridized carbons (Fsp3) is 0.625. The zero-order chi connectivity index (χ0) is 13.6. The zero-order valence-electron chi connectivity index (χ0n) is 12.4. The zero-order valence-corrected chi connectivity index (χ0v) is 12.4. The largest absolute Gasteiger partial charge is 0.497 e. The number of benzene rings is 1. The first kappa shape index (κ1) is 14.9. The third-order valence-electron chi connectivity index (χ3n) is 3.54. The molecule has 0 atom stereocenters. The molecule has 0 aromatic heterocycles. The molecule has 1 aromatic rings. The first-order chi connectivity index (χ1) is 8.53. The predicted molar refractivity (Wildman–Crippen MR) is 76.7 cm³/mol. The van der Waals surface area contributed by atoms with E-state index < -0.39 is 0 Å². The molecule has 18 heavy (non-hydrogen) atoms. The minimum atomic E-state index is 0.164. The van der Waals surface area contributed by atoms with E-state index in [-0.39, 0.29) is 5.41 Å². The van der Waals surface area contributed by atoms with Crippen LogP contribution in [0.3, 0.4) is 0 Å². The van der Waals surface area contributed by atoms with Crippen molar-refractivity contribution in [2.75, 3.05) is 14.2 Å². The molecule has 0 amide bonds. The average molecular weight is 250 g/mol. The van der Waals surface area contributed by atoms with E-state index in [9.17, 15) is 0 Å². The lowest BCUT2D eigenvalue weighted by Crippen LogP contribution is -2.17. The number of unbranched alkanes of at least 4 members (excludes halogenated alkanes) is 2. The van der Waals surface area contributed by atoms with E-state index in [1.54, 1.807) is 14.2 Å². The Morgan fingerprint density at radius 2 is 1.50 bits per heavy atom. The molecule has 2 heteroatoms. The SMILES string of the molecule is CCCCCC(C)(C)c1cc(OC)cc(OC)c1. The van der Waals surface area contributed by atoms with Crippen LogP contribution in [0.15, 0.2) is 18.2 Å². The van der Waals surface area contributed by atoms with Gasteiger partial charge in [0.15, 0.2) is 0 Å². The maximum atomic E-state index is 5.34. The molecular weight excluding hydrogens is 224 g/mol. The number of hydrogen-bond acceptors (Lipinski definition) is 2. The lowest BCUT2D eigenvalue weighted by molar-refractivity contribution is 0.386. The van der Waals surface area contributed by atoms with E-state index in [0.717, 1.165) is 11.5 Å². The van der Waals surface area contributed by atoms with Gasteiger partial charge in [0, 0.05) is 6.07 Å². The van der Waals surface area contributed by atoms with Gasteiger partial charge in [-0.2, -0.15) is 0 Å². The minimum Gasteiger partial charge on any atom is -0.497 e. The lowest BCUT2D eigenvalue weighted by Gasteiger charge is -2.26. The molecule has 1 aromatic carbocycles. The second-order valence-electron chi connectivity index (χ2n) is 5.44. The summed E-state index contributed by atoms with van der Waals surface area (Å²) in [6.07, 6.45) is 5.02. The van der Waals surface area contributed by atoms with Crippen molar-refractivity contribution in [3.8, 4) is 11.5 Å². The van der Waals surface area contributed by atoms with Crippen molar-refractivity contribution in [2.24, 2.45) is 0 Å². The van der Waals surface area contributed by atoms with Gasteiger partial charge in [-0.1, -0.05) is 40.0 Å². The van der Waals surface area contributed by atoms with Gasteiger partial charge in [0.05, 0.1) is 14.2 Å². The smallest absolute Gasteiger partial charge is 0.122 e. The molecule has 1 rings (SSSR count). The summed E-state index contributed by atoms with van der Waals surface area (Å²) in [7, 11) is 3.39. The van der Waals surface area contributed by atoms with Gasteiger partial charge in [0.2, 0.25) is 0 Å². The van der Waals surface area contributed by atoms with Crippen molar-refractivity contribution in [1.82, 2.24) is 0 Å². The number of hydrogen-bond donors (Lipinski definition) is 0. The molecular formula is C16H26O2. The highest BCUT2D eigenvalue weighted by Gasteiger charge is 2.21. The van der Waals surface area contributed by atoms with Crippen LogP contribution in [0, 0.1) is 0 Å². The van der Waals surface area contributed by atoms with E-state index in [0.29, 0.717) is 0 Å². The molecule has 0 aliphatic heterocycles. The van der Waals surface area contributed by atoms with E-state index in [1.807, 2.05) is 6.07 Å². The summed E-state index contributed by atoms with van der Waals surface area (Å²) in [6.45, 7) is 6.81. The first-order valence-corrected chi connectivity index (χ1v) is 6.77. The Kier molecular flexibility index (Phi) is 5.52. The van der Waals surface area contributed by atoms with Crippen LogP contribution in [0.4, 0.5) is 0 Å². The highest BCUT2D eigenvalue weighted by molar-refractivity contribution is 5.41. The van der Waals surface area contributed by atoms with Crippen LogP contribution in [-0.2, 0) is 5.41 Å². The highest BCUT2D eigenvalue weighted by Crippen LogP contribution is 2.34. The minimum absolute atomic E-state index is 0.164. The van der Waals surface area contributed by atoms with Crippen molar-refractivity contribution >= 4 is 0 Å². The van der Waals surface area contributed by atoms with Crippen LogP contribution in [-0.4, -0.2) is 14.2 Å². The third kappa shape index (κ3) is 3.94. The standard InChI is InChI=1S/C16H26O2/c1-6-7-8-9-16(2,3)13-10-14(17-4)12-15(11-13)18-5/h10-12H,6-9H2,1-5H3. The Bertz CT molecular complexity index is 347. The molecule has 0 spiro atoms. The molecule has 102 valence electrons. The summed E-state index contributed by atoms with van der Waals surface area (Å²) in [5, 5.41) is 0. The molecule has 0 fully saturated rings. The van der Waals surface area contributed by atoms with E-state index in [1.165, 1.54) is 31.2 Å². The van der Waals surface area contributed by atoms with Gasteiger partial charge in [0.1, 0.15) is 11.5 Å².